The van der Waals surface area contributed by atoms with Crippen LogP contribution in [0.4, 0.5) is 0 Å². The van der Waals surface area contributed by atoms with Crippen molar-refractivity contribution in [3.05, 3.63) is 22.4 Å². The van der Waals surface area contributed by atoms with Crippen molar-refractivity contribution in [2.45, 2.75) is 39.5 Å². The highest BCUT2D eigenvalue weighted by molar-refractivity contribution is 9.10. The Morgan fingerprint density at radius 2 is 2.28 bits per heavy atom. The Labute approximate surface area is 116 Å². The van der Waals surface area contributed by atoms with E-state index < -0.39 is 0 Å². The number of carbonyl (C=O) groups excluding carboxylic acids is 1. The van der Waals surface area contributed by atoms with Crippen molar-refractivity contribution >= 4 is 21.8 Å². The molecule has 2 unspecified atom stereocenters. The number of carbonyl (C=O) groups is 1. The summed E-state index contributed by atoms with van der Waals surface area (Å²) < 4.78 is 8.48. The summed E-state index contributed by atoms with van der Waals surface area (Å²) >= 11 is 3.43. The summed E-state index contributed by atoms with van der Waals surface area (Å²) in [7, 11) is 0. The highest BCUT2D eigenvalue weighted by atomic mass is 79.9. The van der Waals surface area contributed by atoms with Gasteiger partial charge in [-0.25, -0.2) is 0 Å². The van der Waals surface area contributed by atoms with Gasteiger partial charge in [0.05, 0.1) is 18.8 Å². The van der Waals surface area contributed by atoms with Crippen LogP contribution in [-0.4, -0.2) is 40.7 Å². The van der Waals surface area contributed by atoms with Crippen LogP contribution in [0.2, 0.25) is 0 Å². The van der Waals surface area contributed by atoms with Gasteiger partial charge in [-0.3, -0.25) is 4.79 Å². The average Bonchev–Trinajstić information content (AvgIpc) is 2.72. The lowest BCUT2D eigenvalue weighted by Crippen LogP contribution is -2.50. The number of aromatic nitrogens is 1. The molecule has 0 aromatic carbocycles. The first-order chi connectivity index (χ1) is 8.52. The maximum absolute atomic E-state index is 12.6. The second kappa shape index (κ2) is 5.45. The van der Waals surface area contributed by atoms with Gasteiger partial charge in [0.15, 0.2) is 0 Å². The van der Waals surface area contributed by atoms with E-state index in [9.17, 15) is 4.79 Å². The molecule has 1 aromatic heterocycles. The van der Waals surface area contributed by atoms with Crippen LogP contribution < -0.4 is 0 Å². The average molecular weight is 315 g/mol. The molecule has 0 aliphatic carbocycles. The zero-order valence-electron chi connectivity index (χ0n) is 11.0. The molecule has 1 saturated heterocycles. The smallest absolute Gasteiger partial charge is 0.270 e. The summed E-state index contributed by atoms with van der Waals surface area (Å²) in [5.41, 5.74) is 0.741. The lowest BCUT2D eigenvalue weighted by atomic mass is 10.2. The highest BCUT2D eigenvalue weighted by Gasteiger charge is 2.29. The molecular formula is C13H19BrN2O2. The number of hydrogen-bond donors (Lipinski definition) is 0. The van der Waals surface area contributed by atoms with Gasteiger partial charge < -0.3 is 14.2 Å². The van der Waals surface area contributed by atoms with E-state index in [0.29, 0.717) is 13.2 Å². The number of hydrogen-bond acceptors (Lipinski definition) is 2. The highest BCUT2D eigenvalue weighted by Crippen LogP contribution is 2.20. The molecule has 0 spiro atoms. The molecule has 5 heteroatoms. The molecule has 18 heavy (non-hydrogen) atoms. The van der Waals surface area contributed by atoms with E-state index in [0.717, 1.165) is 16.7 Å². The first-order valence-electron chi connectivity index (χ1n) is 6.31. The Kier molecular flexibility index (Phi) is 4.12. The lowest BCUT2D eigenvalue weighted by molar-refractivity contribution is -0.0390. The van der Waals surface area contributed by atoms with Gasteiger partial charge in [-0.15, -0.1) is 0 Å². The Morgan fingerprint density at radius 1 is 1.56 bits per heavy atom. The topological polar surface area (TPSA) is 34.5 Å². The number of ether oxygens (including phenoxy) is 1. The normalized spacial score (nSPS) is 24.3. The molecule has 0 saturated carbocycles. The first kappa shape index (κ1) is 13.6. The van der Waals surface area contributed by atoms with Crippen molar-refractivity contribution in [3.63, 3.8) is 0 Å². The molecule has 1 amide bonds. The maximum atomic E-state index is 12.6. The molecule has 100 valence electrons. The van der Waals surface area contributed by atoms with Gasteiger partial charge in [-0.1, -0.05) is 0 Å². The summed E-state index contributed by atoms with van der Waals surface area (Å²) in [6, 6.07) is 2.02. The van der Waals surface area contributed by atoms with Crippen LogP contribution in [0.3, 0.4) is 0 Å². The fraction of sp³-hybridized carbons (Fsp3) is 0.615. The third-order valence-electron chi connectivity index (χ3n) is 3.29. The minimum Gasteiger partial charge on any atom is -0.375 e. The zero-order valence-corrected chi connectivity index (χ0v) is 12.6. The molecule has 4 nitrogen and oxygen atoms in total. The predicted molar refractivity (Wildman–Crippen MR) is 73.7 cm³/mol. The van der Waals surface area contributed by atoms with Crippen molar-refractivity contribution in [2.24, 2.45) is 0 Å². The molecule has 0 N–H and O–H groups in total. The number of aryl methyl sites for hydroxylation is 1. The summed E-state index contributed by atoms with van der Waals surface area (Å²) in [6.45, 7) is 8.13. The summed E-state index contributed by atoms with van der Waals surface area (Å²) in [5, 5.41) is 0. The number of nitrogens with zero attached hydrogens (tertiary/aromatic N) is 2. The third kappa shape index (κ3) is 2.62. The molecule has 2 rings (SSSR count). The predicted octanol–water partition coefficient (Wildman–Crippen LogP) is 2.52. The van der Waals surface area contributed by atoms with Gasteiger partial charge in [0.2, 0.25) is 0 Å². The molecule has 0 bridgehead atoms. The molecular weight excluding hydrogens is 296 g/mol. The van der Waals surface area contributed by atoms with Crippen LogP contribution >= 0.6 is 15.9 Å². The quantitative estimate of drug-likeness (QED) is 0.840. The van der Waals surface area contributed by atoms with E-state index in [1.165, 1.54) is 0 Å². The minimum atomic E-state index is 0.0881. The second-order valence-electron chi connectivity index (χ2n) is 4.78. The van der Waals surface area contributed by atoms with Gasteiger partial charge in [0.25, 0.3) is 5.91 Å². The number of amides is 1. The van der Waals surface area contributed by atoms with E-state index in [2.05, 4.69) is 15.9 Å². The van der Waals surface area contributed by atoms with Crippen LogP contribution in [0.15, 0.2) is 16.7 Å². The summed E-state index contributed by atoms with van der Waals surface area (Å²) in [4.78, 5) is 14.5. The van der Waals surface area contributed by atoms with E-state index in [4.69, 9.17) is 4.74 Å². The molecule has 1 aliphatic rings. The number of halogens is 1. The molecule has 2 heterocycles. The van der Waals surface area contributed by atoms with Crippen LogP contribution in [0.5, 0.6) is 0 Å². The maximum Gasteiger partial charge on any atom is 0.270 e. The van der Waals surface area contributed by atoms with Crippen LogP contribution in [0, 0.1) is 0 Å². The van der Waals surface area contributed by atoms with E-state index in [-0.39, 0.29) is 18.1 Å². The van der Waals surface area contributed by atoms with Crippen LogP contribution in [0.25, 0.3) is 0 Å². The number of rotatable bonds is 2. The molecule has 1 fully saturated rings. The van der Waals surface area contributed by atoms with Gasteiger partial charge in [0.1, 0.15) is 5.69 Å². The van der Waals surface area contributed by atoms with Crippen LogP contribution in [0.1, 0.15) is 31.3 Å². The van der Waals surface area contributed by atoms with Gasteiger partial charge in [0, 0.05) is 23.8 Å². The number of morpholine rings is 1. The van der Waals surface area contributed by atoms with Crippen molar-refractivity contribution < 1.29 is 9.53 Å². The fourth-order valence-corrected chi connectivity index (χ4v) is 2.71. The van der Waals surface area contributed by atoms with Crippen molar-refractivity contribution in [1.82, 2.24) is 9.47 Å². The molecule has 1 aliphatic heterocycles. The Bertz CT molecular complexity index is 444. The molecule has 1 aromatic rings. The van der Waals surface area contributed by atoms with Crippen LogP contribution in [-0.2, 0) is 11.3 Å². The van der Waals surface area contributed by atoms with Crippen molar-refractivity contribution in [2.75, 3.05) is 13.2 Å². The van der Waals surface area contributed by atoms with Gasteiger partial charge >= 0.3 is 0 Å². The first-order valence-corrected chi connectivity index (χ1v) is 7.10. The fourth-order valence-electron chi connectivity index (χ4n) is 2.25. The molecule has 2 atom stereocenters. The minimum absolute atomic E-state index is 0.0881. The van der Waals surface area contributed by atoms with Crippen molar-refractivity contribution in [1.29, 1.82) is 0 Å². The standard InChI is InChI=1S/C13H19BrN2O2/c1-4-15-7-11(14)5-12(15)13(17)16-6-10(3)18-8-9(16)2/h5,7,9-10H,4,6,8H2,1-3H3. The van der Waals surface area contributed by atoms with E-state index >= 15 is 0 Å². The summed E-state index contributed by atoms with van der Waals surface area (Å²) in [5.74, 6) is 0.0881. The SMILES string of the molecule is CCn1cc(Br)cc1C(=O)N1CC(C)OCC1C. The lowest BCUT2D eigenvalue weighted by Gasteiger charge is -2.36. The van der Waals surface area contributed by atoms with E-state index in [1.807, 2.05) is 42.5 Å². The Morgan fingerprint density at radius 3 is 2.94 bits per heavy atom. The Balaban J connectivity index is 2.24. The summed E-state index contributed by atoms with van der Waals surface area (Å²) in [6.07, 6.45) is 2.06. The third-order valence-corrected chi connectivity index (χ3v) is 3.73. The van der Waals surface area contributed by atoms with Crippen molar-refractivity contribution in [3.8, 4) is 0 Å². The van der Waals surface area contributed by atoms with E-state index in [1.54, 1.807) is 0 Å². The van der Waals surface area contributed by atoms with Gasteiger partial charge in [-0.05, 0) is 42.8 Å². The van der Waals surface area contributed by atoms with Gasteiger partial charge in [-0.2, -0.15) is 0 Å². The second-order valence-corrected chi connectivity index (χ2v) is 5.70. The Hall–Kier alpha value is -0.810. The molecule has 0 radical (unpaired) electrons. The largest absolute Gasteiger partial charge is 0.375 e. The monoisotopic (exact) mass is 314 g/mol. The zero-order chi connectivity index (χ0) is 13.3.